The summed E-state index contributed by atoms with van der Waals surface area (Å²) in [5.74, 6) is 0.315. The molecule has 0 aliphatic rings. The molecule has 0 atom stereocenters. The third-order valence-corrected chi connectivity index (χ3v) is 2.86. The molecule has 0 amide bonds. The van der Waals surface area contributed by atoms with Crippen molar-refractivity contribution >= 4 is 17.6 Å². The number of aryl methyl sites for hydroxylation is 2. The topological polar surface area (TPSA) is 57.0 Å². The Bertz CT molecular complexity index is 622. The van der Waals surface area contributed by atoms with Gasteiger partial charge in [-0.25, -0.2) is 9.78 Å². The Morgan fingerprint density at radius 3 is 2.79 bits per heavy atom. The van der Waals surface area contributed by atoms with Gasteiger partial charge in [-0.05, 0) is 37.9 Å². The molecule has 19 heavy (non-hydrogen) atoms. The summed E-state index contributed by atoms with van der Waals surface area (Å²) in [6, 6.07) is 0. The van der Waals surface area contributed by atoms with Crippen LogP contribution in [0, 0.1) is 13.8 Å². The minimum absolute atomic E-state index is 0.171. The SMILES string of the molecule is CCOC(=O)c1cn(-c2nc(Cl)ncc2C)cc1C. The third-order valence-electron chi connectivity index (χ3n) is 2.68. The Morgan fingerprint density at radius 2 is 2.11 bits per heavy atom. The molecule has 0 radical (unpaired) electrons. The van der Waals surface area contributed by atoms with Crippen molar-refractivity contribution in [1.29, 1.82) is 0 Å². The predicted octanol–water partition coefficient (Wildman–Crippen LogP) is 2.71. The van der Waals surface area contributed by atoms with Gasteiger partial charge in [0.2, 0.25) is 5.28 Å². The standard InChI is InChI=1S/C13H14ClN3O2/c1-4-19-12(18)10-7-17(6-9(10)3)11-8(2)5-15-13(14)16-11/h5-7H,4H2,1-3H3. The first-order valence-electron chi connectivity index (χ1n) is 5.88. The Hall–Kier alpha value is -1.88. The normalized spacial score (nSPS) is 10.5. The molecule has 0 aromatic carbocycles. The lowest BCUT2D eigenvalue weighted by Gasteiger charge is -2.05. The van der Waals surface area contributed by atoms with E-state index in [0.717, 1.165) is 11.1 Å². The van der Waals surface area contributed by atoms with Gasteiger partial charge in [-0.2, -0.15) is 4.98 Å². The van der Waals surface area contributed by atoms with Crippen molar-refractivity contribution in [2.24, 2.45) is 0 Å². The van der Waals surface area contributed by atoms with Gasteiger partial charge in [-0.1, -0.05) is 0 Å². The number of aromatic nitrogens is 3. The summed E-state index contributed by atoms with van der Waals surface area (Å²) >= 11 is 5.80. The first-order valence-corrected chi connectivity index (χ1v) is 6.26. The summed E-state index contributed by atoms with van der Waals surface area (Å²) < 4.78 is 6.76. The van der Waals surface area contributed by atoms with Gasteiger partial charge in [0.1, 0.15) is 5.82 Å². The minimum atomic E-state index is -0.337. The van der Waals surface area contributed by atoms with Crippen LogP contribution in [-0.2, 0) is 4.74 Å². The summed E-state index contributed by atoms with van der Waals surface area (Å²) in [6.07, 6.45) is 5.15. The second kappa shape index (κ2) is 5.40. The van der Waals surface area contributed by atoms with E-state index in [1.54, 1.807) is 23.9 Å². The van der Waals surface area contributed by atoms with Gasteiger partial charge in [0.25, 0.3) is 0 Å². The van der Waals surface area contributed by atoms with Crippen LogP contribution >= 0.6 is 11.6 Å². The van der Waals surface area contributed by atoms with Crippen molar-refractivity contribution in [2.75, 3.05) is 6.61 Å². The van der Waals surface area contributed by atoms with Gasteiger partial charge in [0, 0.05) is 24.2 Å². The van der Waals surface area contributed by atoms with Gasteiger partial charge in [0.15, 0.2) is 0 Å². The van der Waals surface area contributed by atoms with E-state index in [1.807, 2.05) is 20.0 Å². The third kappa shape index (κ3) is 2.76. The molecule has 0 spiro atoms. The summed E-state index contributed by atoms with van der Waals surface area (Å²) in [7, 11) is 0. The summed E-state index contributed by atoms with van der Waals surface area (Å²) in [6.45, 7) is 5.85. The number of carbonyl (C=O) groups is 1. The molecule has 0 bridgehead atoms. The van der Waals surface area contributed by atoms with Crippen LogP contribution in [0.4, 0.5) is 0 Å². The Balaban J connectivity index is 2.44. The fourth-order valence-electron chi connectivity index (χ4n) is 1.77. The van der Waals surface area contributed by atoms with Crippen LogP contribution < -0.4 is 0 Å². The van der Waals surface area contributed by atoms with Crippen LogP contribution in [0.25, 0.3) is 5.82 Å². The summed E-state index contributed by atoms with van der Waals surface area (Å²) in [4.78, 5) is 19.8. The number of nitrogens with zero attached hydrogens (tertiary/aromatic N) is 3. The smallest absolute Gasteiger partial charge is 0.339 e. The van der Waals surface area contributed by atoms with Gasteiger partial charge < -0.3 is 9.30 Å². The molecule has 2 heterocycles. The Morgan fingerprint density at radius 1 is 1.37 bits per heavy atom. The highest BCUT2D eigenvalue weighted by Gasteiger charge is 2.15. The number of hydrogen-bond donors (Lipinski definition) is 0. The molecule has 2 aromatic rings. The maximum atomic E-state index is 11.8. The lowest BCUT2D eigenvalue weighted by molar-refractivity contribution is 0.0525. The maximum Gasteiger partial charge on any atom is 0.339 e. The quantitative estimate of drug-likeness (QED) is 0.640. The average molecular weight is 280 g/mol. The van der Waals surface area contributed by atoms with Crippen molar-refractivity contribution in [3.63, 3.8) is 0 Å². The largest absolute Gasteiger partial charge is 0.462 e. The number of rotatable bonds is 3. The second-order valence-electron chi connectivity index (χ2n) is 4.13. The lowest BCUT2D eigenvalue weighted by Crippen LogP contribution is -2.05. The van der Waals surface area contributed by atoms with E-state index >= 15 is 0 Å². The molecule has 0 saturated carbocycles. The van der Waals surface area contributed by atoms with Gasteiger partial charge in [-0.15, -0.1) is 0 Å². The highest BCUT2D eigenvalue weighted by Crippen LogP contribution is 2.18. The summed E-state index contributed by atoms with van der Waals surface area (Å²) in [5.41, 5.74) is 2.22. The molecule has 0 aliphatic carbocycles. The number of carbonyl (C=O) groups excluding carboxylic acids is 1. The number of esters is 1. The van der Waals surface area contributed by atoms with E-state index in [-0.39, 0.29) is 11.3 Å². The molecule has 2 rings (SSSR count). The van der Waals surface area contributed by atoms with Crippen molar-refractivity contribution < 1.29 is 9.53 Å². The van der Waals surface area contributed by atoms with E-state index < -0.39 is 0 Å². The first kappa shape index (κ1) is 13.5. The van der Waals surface area contributed by atoms with Crippen LogP contribution in [0.5, 0.6) is 0 Å². The lowest BCUT2D eigenvalue weighted by atomic mass is 10.2. The Labute approximate surface area is 116 Å². The van der Waals surface area contributed by atoms with Crippen LogP contribution in [0.3, 0.4) is 0 Å². The molecular formula is C13H14ClN3O2. The molecule has 6 heteroatoms. The van der Waals surface area contributed by atoms with Crippen molar-refractivity contribution in [3.05, 3.63) is 40.6 Å². The Kier molecular flexibility index (Phi) is 3.85. The second-order valence-corrected chi connectivity index (χ2v) is 4.47. The van der Waals surface area contributed by atoms with Gasteiger partial charge in [-0.3, -0.25) is 0 Å². The zero-order valence-corrected chi connectivity index (χ0v) is 11.7. The molecule has 100 valence electrons. The van der Waals surface area contributed by atoms with E-state index in [4.69, 9.17) is 16.3 Å². The van der Waals surface area contributed by atoms with Crippen LogP contribution in [-0.4, -0.2) is 27.1 Å². The van der Waals surface area contributed by atoms with E-state index in [0.29, 0.717) is 18.0 Å². The van der Waals surface area contributed by atoms with Gasteiger partial charge >= 0.3 is 5.97 Å². The van der Waals surface area contributed by atoms with Crippen LogP contribution in [0.2, 0.25) is 5.28 Å². The molecule has 0 fully saturated rings. The average Bonchev–Trinajstić information content (AvgIpc) is 2.74. The fourth-order valence-corrected chi connectivity index (χ4v) is 1.90. The molecule has 0 saturated heterocycles. The molecule has 5 nitrogen and oxygen atoms in total. The number of halogens is 1. The van der Waals surface area contributed by atoms with Crippen molar-refractivity contribution in [2.45, 2.75) is 20.8 Å². The van der Waals surface area contributed by atoms with E-state index in [1.165, 1.54) is 0 Å². The molecule has 0 unspecified atom stereocenters. The molecular weight excluding hydrogens is 266 g/mol. The molecule has 0 aliphatic heterocycles. The fraction of sp³-hybridized carbons (Fsp3) is 0.308. The van der Waals surface area contributed by atoms with Crippen LogP contribution in [0.1, 0.15) is 28.4 Å². The summed E-state index contributed by atoms with van der Waals surface area (Å²) in [5, 5.41) is 0.171. The van der Waals surface area contributed by atoms with E-state index in [9.17, 15) is 4.79 Å². The zero-order valence-electron chi connectivity index (χ0n) is 11.0. The van der Waals surface area contributed by atoms with Crippen molar-refractivity contribution in [3.8, 4) is 5.82 Å². The highest BCUT2D eigenvalue weighted by atomic mass is 35.5. The van der Waals surface area contributed by atoms with E-state index in [2.05, 4.69) is 9.97 Å². The predicted molar refractivity (Wildman–Crippen MR) is 71.8 cm³/mol. The highest BCUT2D eigenvalue weighted by molar-refractivity contribution is 6.28. The minimum Gasteiger partial charge on any atom is -0.462 e. The van der Waals surface area contributed by atoms with Crippen molar-refractivity contribution in [1.82, 2.24) is 14.5 Å². The van der Waals surface area contributed by atoms with Crippen LogP contribution in [0.15, 0.2) is 18.6 Å². The maximum absolute atomic E-state index is 11.8. The van der Waals surface area contributed by atoms with Gasteiger partial charge in [0.05, 0.1) is 12.2 Å². The number of ether oxygens (including phenoxy) is 1. The first-order chi connectivity index (χ1) is 9.02. The molecule has 0 N–H and O–H groups in total. The monoisotopic (exact) mass is 279 g/mol. The number of hydrogen-bond acceptors (Lipinski definition) is 4. The zero-order chi connectivity index (χ0) is 14.0. The molecule has 2 aromatic heterocycles.